The van der Waals surface area contributed by atoms with Crippen molar-refractivity contribution in [2.75, 3.05) is 11.4 Å². The van der Waals surface area contributed by atoms with Gasteiger partial charge in [-0.15, -0.1) is 0 Å². The van der Waals surface area contributed by atoms with Gasteiger partial charge in [-0.25, -0.2) is 4.39 Å². The van der Waals surface area contributed by atoms with Gasteiger partial charge in [-0.2, -0.15) is 0 Å². The van der Waals surface area contributed by atoms with Crippen molar-refractivity contribution < 1.29 is 13.9 Å². The molecular formula is C24H21Cl2FN2O2. The molecule has 160 valence electrons. The Morgan fingerprint density at radius 3 is 2.32 bits per heavy atom. The molecule has 1 fully saturated rings. The summed E-state index contributed by atoms with van der Waals surface area (Å²) in [4.78, 5) is 15.0. The highest BCUT2D eigenvalue weighted by Gasteiger charge is 2.28. The lowest BCUT2D eigenvalue weighted by molar-refractivity contribution is -0.120. The monoisotopic (exact) mass is 458 g/mol. The van der Waals surface area contributed by atoms with Crippen LogP contribution >= 0.6 is 23.2 Å². The second-order valence-corrected chi connectivity index (χ2v) is 8.20. The Kier molecular flexibility index (Phi) is 6.76. The van der Waals surface area contributed by atoms with Crippen LogP contribution in [0.5, 0.6) is 11.5 Å². The molecule has 1 unspecified atom stereocenters. The van der Waals surface area contributed by atoms with Gasteiger partial charge in [-0.3, -0.25) is 4.79 Å². The standard InChI is InChI=1S/C24H21Cl2FN2O2/c25-17-4-3-16(22(26)14-17)15-29(24(30)23-2-1-13-28-23)19-7-11-21(12-8-19)31-20-9-5-18(27)6-10-20/h3-12,14,23,28H,1-2,13,15H2. The number of hydrogen-bond donors (Lipinski definition) is 1. The first-order valence-electron chi connectivity index (χ1n) is 10.0. The number of hydrogen-bond acceptors (Lipinski definition) is 3. The normalized spacial score (nSPS) is 15.6. The van der Waals surface area contributed by atoms with Crippen LogP contribution in [0.1, 0.15) is 18.4 Å². The van der Waals surface area contributed by atoms with E-state index in [1.54, 1.807) is 41.3 Å². The van der Waals surface area contributed by atoms with E-state index in [2.05, 4.69) is 5.32 Å². The summed E-state index contributed by atoms with van der Waals surface area (Å²) in [5, 5.41) is 4.33. The van der Waals surface area contributed by atoms with Crippen molar-refractivity contribution in [3.8, 4) is 11.5 Å². The van der Waals surface area contributed by atoms with Crippen LogP contribution in [0.3, 0.4) is 0 Å². The molecule has 0 saturated carbocycles. The highest BCUT2D eigenvalue weighted by molar-refractivity contribution is 6.35. The van der Waals surface area contributed by atoms with E-state index in [1.165, 1.54) is 12.1 Å². The molecule has 0 aromatic heterocycles. The zero-order valence-corrected chi connectivity index (χ0v) is 18.2. The highest BCUT2D eigenvalue weighted by Crippen LogP contribution is 2.29. The van der Waals surface area contributed by atoms with Crippen LogP contribution in [0.15, 0.2) is 66.7 Å². The predicted molar refractivity (Wildman–Crippen MR) is 122 cm³/mol. The summed E-state index contributed by atoms with van der Waals surface area (Å²) in [6.07, 6.45) is 1.77. The van der Waals surface area contributed by atoms with E-state index >= 15 is 0 Å². The lowest BCUT2D eigenvalue weighted by Gasteiger charge is -2.26. The van der Waals surface area contributed by atoms with Gasteiger partial charge in [0.2, 0.25) is 5.91 Å². The van der Waals surface area contributed by atoms with Crippen LogP contribution in [0.4, 0.5) is 10.1 Å². The summed E-state index contributed by atoms with van der Waals surface area (Å²) in [6.45, 7) is 1.15. The zero-order valence-electron chi connectivity index (χ0n) is 16.7. The molecule has 7 heteroatoms. The van der Waals surface area contributed by atoms with Gasteiger partial charge in [0, 0.05) is 15.7 Å². The quantitative estimate of drug-likeness (QED) is 0.477. The summed E-state index contributed by atoms with van der Waals surface area (Å²) in [6, 6.07) is 18.1. The number of amides is 1. The van der Waals surface area contributed by atoms with E-state index < -0.39 is 0 Å². The van der Waals surface area contributed by atoms with E-state index in [-0.39, 0.29) is 17.8 Å². The predicted octanol–water partition coefficient (Wildman–Crippen LogP) is 6.21. The SMILES string of the molecule is O=C(C1CCCN1)N(Cc1ccc(Cl)cc1Cl)c1ccc(Oc2ccc(F)cc2)cc1. The number of halogens is 3. The largest absolute Gasteiger partial charge is 0.457 e. The summed E-state index contributed by atoms with van der Waals surface area (Å²) < 4.78 is 18.8. The van der Waals surface area contributed by atoms with Crippen LogP contribution in [-0.2, 0) is 11.3 Å². The molecule has 0 spiro atoms. The molecule has 0 radical (unpaired) electrons. The average Bonchev–Trinajstić information content (AvgIpc) is 3.30. The highest BCUT2D eigenvalue weighted by atomic mass is 35.5. The van der Waals surface area contributed by atoms with E-state index in [9.17, 15) is 9.18 Å². The minimum absolute atomic E-state index is 0.00396. The summed E-state index contributed by atoms with van der Waals surface area (Å²) in [7, 11) is 0. The fourth-order valence-electron chi connectivity index (χ4n) is 3.53. The summed E-state index contributed by atoms with van der Waals surface area (Å²) >= 11 is 12.4. The lowest BCUT2D eigenvalue weighted by atomic mass is 10.1. The smallest absolute Gasteiger partial charge is 0.244 e. The van der Waals surface area contributed by atoms with Crippen molar-refractivity contribution in [2.45, 2.75) is 25.4 Å². The van der Waals surface area contributed by atoms with Crippen LogP contribution in [0.2, 0.25) is 10.0 Å². The van der Waals surface area contributed by atoms with Gasteiger partial charge in [0.1, 0.15) is 17.3 Å². The minimum Gasteiger partial charge on any atom is -0.457 e. The molecular weight excluding hydrogens is 438 g/mol. The van der Waals surface area contributed by atoms with Crippen LogP contribution < -0.4 is 15.0 Å². The number of carbonyl (C=O) groups excluding carboxylic acids is 1. The maximum atomic E-state index is 13.3. The van der Waals surface area contributed by atoms with Crippen LogP contribution in [0.25, 0.3) is 0 Å². The van der Waals surface area contributed by atoms with Gasteiger partial charge in [0.05, 0.1) is 12.6 Å². The third kappa shape index (κ3) is 5.37. The Bertz CT molecular complexity index is 1050. The molecule has 1 amide bonds. The van der Waals surface area contributed by atoms with Gasteiger partial charge < -0.3 is 15.0 Å². The minimum atomic E-state index is -0.321. The van der Waals surface area contributed by atoms with Gasteiger partial charge in [0.25, 0.3) is 0 Å². The maximum absolute atomic E-state index is 13.3. The molecule has 0 bridgehead atoms. The zero-order chi connectivity index (χ0) is 21.8. The van der Waals surface area contributed by atoms with Gasteiger partial charge >= 0.3 is 0 Å². The van der Waals surface area contributed by atoms with E-state index in [0.29, 0.717) is 28.1 Å². The molecule has 31 heavy (non-hydrogen) atoms. The number of nitrogens with zero attached hydrogens (tertiary/aromatic N) is 1. The molecule has 1 saturated heterocycles. The Morgan fingerprint density at radius 1 is 1.03 bits per heavy atom. The van der Waals surface area contributed by atoms with Crippen molar-refractivity contribution in [1.29, 1.82) is 0 Å². The number of benzene rings is 3. The van der Waals surface area contributed by atoms with Gasteiger partial charge in [-0.1, -0.05) is 29.3 Å². The second-order valence-electron chi connectivity index (χ2n) is 7.36. The van der Waals surface area contributed by atoms with Crippen LogP contribution in [-0.4, -0.2) is 18.5 Å². The Balaban J connectivity index is 1.57. The van der Waals surface area contributed by atoms with E-state index in [0.717, 1.165) is 30.6 Å². The maximum Gasteiger partial charge on any atom is 0.244 e. The first kappa shape index (κ1) is 21.6. The molecule has 1 aliphatic rings. The van der Waals surface area contributed by atoms with Gasteiger partial charge in [-0.05, 0) is 85.6 Å². The number of ether oxygens (including phenoxy) is 1. The Hall–Kier alpha value is -2.60. The van der Waals surface area contributed by atoms with Crippen molar-refractivity contribution in [2.24, 2.45) is 0 Å². The summed E-state index contributed by atoms with van der Waals surface area (Å²) in [5.74, 6) is 0.797. The Morgan fingerprint density at radius 2 is 1.71 bits per heavy atom. The van der Waals surface area contributed by atoms with Gasteiger partial charge in [0.15, 0.2) is 0 Å². The third-order valence-electron chi connectivity index (χ3n) is 5.17. The Labute approximate surface area is 190 Å². The number of rotatable bonds is 6. The fraction of sp³-hybridized carbons (Fsp3) is 0.208. The lowest BCUT2D eigenvalue weighted by Crippen LogP contribution is -2.43. The van der Waals surface area contributed by atoms with Crippen LogP contribution in [0, 0.1) is 5.82 Å². The van der Waals surface area contributed by atoms with Crippen molar-refractivity contribution in [3.05, 3.63) is 88.2 Å². The topological polar surface area (TPSA) is 41.6 Å². The second kappa shape index (κ2) is 9.69. The van der Waals surface area contributed by atoms with E-state index in [1.807, 2.05) is 18.2 Å². The molecule has 0 aliphatic carbocycles. The molecule has 4 rings (SSSR count). The fourth-order valence-corrected chi connectivity index (χ4v) is 4.00. The molecule has 1 heterocycles. The first-order valence-corrected chi connectivity index (χ1v) is 10.8. The molecule has 3 aromatic carbocycles. The molecule has 1 atom stereocenters. The van der Waals surface area contributed by atoms with Crippen molar-refractivity contribution in [3.63, 3.8) is 0 Å². The summed E-state index contributed by atoms with van der Waals surface area (Å²) in [5.41, 5.74) is 1.54. The number of nitrogens with one attached hydrogen (secondary N) is 1. The molecule has 4 nitrogen and oxygen atoms in total. The number of anilines is 1. The van der Waals surface area contributed by atoms with E-state index in [4.69, 9.17) is 27.9 Å². The third-order valence-corrected chi connectivity index (χ3v) is 5.75. The average molecular weight is 459 g/mol. The molecule has 1 aliphatic heterocycles. The van der Waals surface area contributed by atoms with Crippen molar-refractivity contribution >= 4 is 34.8 Å². The van der Waals surface area contributed by atoms with Crippen molar-refractivity contribution in [1.82, 2.24) is 5.32 Å². The number of carbonyl (C=O) groups is 1. The first-order chi connectivity index (χ1) is 15.0. The molecule has 1 N–H and O–H groups in total. The molecule has 3 aromatic rings.